The number of fused-ring (bicyclic) bond motifs is 1. The quantitative estimate of drug-likeness (QED) is 0.685. The van der Waals surface area contributed by atoms with Crippen molar-refractivity contribution < 1.29 is 8.91 Å². The Bertz CT molecular complexity index is 955. The van der Waals surface area contributed by atoms with E-state index in [9.17, 15) is 4.39 Å². The van der Waals surface area contributed by atoms with Crippen molar-refractivity contribution in [1.29, 1.82) is 0 Å². The summed E-state index contributed by atoms with van der Waals surface area (Å²) in [5.41, 5.74) is 4.08. The number of benzene rings is 2. The first-order valence-corrected chi connectivity index (χ1v) is 10.00. The minimum absolute atomic E-state index is 0.241. The van der Waals surface area contributed by atoms with E-state index < -0.39 is 0 Å². The van der Waals surface area contributed by atoms with Gasteiger partial charge in [-0.1, -0.05) is 47.6 Å². The molecule has 1 aromatic heterocycles. The van der Waals surface area contributed by atoms with Crippen molar-refractivity contribution in [3.63, 3.8) is 0 Å². The molecule has 0 N–H and O–H groups in total. The van der Waals surface area contributed by atoms with Crippen molar-refractivity contribution in [3.8, 4) is 11.3 Å². The predicted molar refractivity (Wildman–Crippen MR) is 106 cm³/mol. The lowest BCUT2D eigenvalue weighted by molar-refractivity contribution is 0.167. The Kier molecular flexibility index (Phi) is 4.71. The third-order valence-electron chi connectivity index (χ3n) is 5.97. The Morgan fingerprint density at radius 3 is 2.82 bits per heavy atom. The number of likely N-dealkylation sites (tertiary alicyclic amines) is 1. The summed E-state index contributed by atoms with van der Waals surface area (Å²) in [6, 6.07) is 17.8. The average Bonchev–Trinajstić information content (AvgIpc) is 3.35. The van der Waals surface area contributed by atoms with Crippen LogP contribution in [0.2, 0.25) is 0 Å². The summed E-state index contributed by atoms with van der Waals surface area (Å²) in [5.74, 6) is 0.712. The Morgan fingerprint density at radius 1 is 1.07 bits per heavy atom. The Hall–Kier alpha value is -2.50. The van der Waals surface area contributed by atoms with Crippen molar-refractivity contribution in [1.82, 2.24) is 15.0 Å². The second kappa shape index (κ2) is 7.49. The molecule has 0 bridgehead atoms. The van der Waals surface area contributed by atoms with Gasteiger partial charge in [0.2, 0.25) is 0 Å². The highest BCUT2D eigenvalue weighted by molar-refractivity contribution is 5.63. The molecule has 1 saturated heterocycles. The second-order valence-electron chi connectivity index (χ2n) is 7.83. The summed E-state index contributed by atoms with van der Waals surface area (Å²) >= 11 is 0. The third-order valence-corrected chi connectivity index (χ3v) is 5.97. The molecule has 0 amide bonds. The molecule has 1 atom stereocenters. The van der Waals surface area contributed by atoms with E-state index in [0.29, 0.717) is 6.04 Å². The van der Waals surface area contributed by atoms with E-state index in [-0.39, 0.29) is 5.82 Å². The number of hydrogen-bond acceptors (Lipinski definition) is 4. The highest BCUT2D eigenvalue weighted by atomic mass is 19.1. The standard InChI is InChI=1S/C23H24FN3O/c24-19-8-4-7-18(13-19)23-21-16-27(12-10-22(21)28-25-23)20-9-11-26(15-20)14-17-5-2-1-3-6-17/h1-8,13,20H,9-12,14-16H2/t20-/m0/s1. The van der Waals surface area contributed by atoms with Gasteiger partial charge in [0.15, 0.2) is 0 Å². The van der Waals surface area contributed by atoms with Gasteiger partial charge in [-0.2, -0.15) is 0 Å². The molecule has 2 aromatic carbocycles. The topological polar surface area (TPSA) is 32.5 Å². The number of nitrogens with zero attached hydrogens (tertiary/aromatic N) is 3. The lowest BCUT2D eigenvalue weighted by Gasteiger charge is -2.31. The summed E-state index contributed by atoms with van der Waals surface area (Å²) in [5, 5.41) is 4.26. The molecule has 2 aliphatic rings. The molecule has 4 nitrogen and oxygen atoms in total. The number of halogens is 1. The van der Waals surface area contributed by atoms with Gasteiger partial charge in [-0.15, -0.1) is 0 Å². The van der Waals surface area contributed by atoms with Gasteiger partial charge >= 0.3 is 0 Å². The van der Waals surface area contributed by atoms with E-state index in [1.54, 1.807) is 6.07 Å². The SMILES string of the molecule is Fc1cccc(-c2noc3c2CN([C@H]2CCN(Cc4ccccc4)C2)CC3)c1. The molecule has 0 spiro atoms. The Morgan fingerprint density at radius 2 is 1.96 bits per heavy atom. The van der Waals surface area contributed by atoms with Crippen LogP contribution in [0.4, 0.5) is 4.39 Å². The zero-order chi connectivity index (χ0) is 18.9. The van der Waals surface area contributed by atoms with Gasteiger partial charge in [-0.05, 0) is 24.1 Å². The molecule has 28 heavy (non-hydrogen) atoms. The van der Waals surface area contributed by atoms with Crippen molar-refractivity contribution in [2.45, 2.75) is 32.0 Å². The van der Waals surface area contributed by atoms with E-state index in [1.807, 2.05) is 6.07 Å². The van der Waals surface area contributed by atoms with Crippen molar-refractivity contribution in [2.75, 3.05) is 19.6 Å². The molecule has 0 saturated carbocycles. The Labute approximate surface area is 164 Å². The smallest absolute Gasteiger partial charge is 0.143 e. The molecule has 144 valence electrons. The Balaban J connectivity index is 1.29. The zero-order valence-corrected chi connectivity index (χ0v) is 15.9. The summed E-state index contributed by atoms with van der Waals surface area (Å²) < 4.78 is 19.2. The van der Waals surface area contributed by atoms with Gasteiger partial charge in [0.25, 0.3) is 0 Å². The maximum absolute atomic E-state index is 13.7. The van der Waals surface area contributed by atoms with Gasteiger partial charge in [0, 0.05) is 56.3 Å². The van der Waals surface area contributed by atoms with Crippen LogP contribution in [0.3, 0.4) is 0 Å². The minimum Gasteiger partial charge on any atom is -0.360 e. The largest absolute Gasteiger partial charge is 0.360 e. The van der Waals surface area contributed by atoms with E-state index >= 15 is 0 Å². The van der Waals surface area contributed by atoms with Crippen molar-refractivity contribution >= 4 is 0 Å². The highest BCUT2D eigenvalue weighted by Gasteiger charge is 2.32. The molecule has 1 fully saturated rings. The molecule has 5 heteroatoms. The predicted octanol–water partition coefficient (Wildman–Crippen LogP) is 4.11. The third kappa shape index (κ3) is 3.48. The van der Waals surface area contributed by atoms with Gasteiger partial charge in [0.1, 0.15) is 17.3 Å². The van der Waals surface area contributed by atoms with E-state index in [0.717, 1.165) is 61.7 Å². The molecule has 3 aromatic rings. The molecule has 0 radical (unpaired) electrons. The van der Waals surface area contributed by atoms with Crippen LogP contribution >= 0.6 is 0 Å². The summed E-state index contributed by atoms with van der Waals surface area (Å²) in [6.07, 6.45) is 2.05. The van der Waals surface area contributed by atoms with Gasteiger partial charge in [-0.25, -0.2) is 4.39 Å². The molecule has 0 unspecified atom stereocenters. The molecular formula is C23H24FN3O. The van der Waals surface area contributed by atoms with E-state index in [4.69, 9.17) is 4.52 Å². The first kappa shape index (κ1) is 17.6. The highest BCUT2D eigenvalue weighted by Crippen LogP contribution is 2.32. The van der Waals surface area contributed by atoms with E-state index in [2.05, 4.69) is 45.3 Å². The van der Waals surface area contributed by atoms with Crippen LogP contribution in [0.1, 0.15) is 23.3 Å². The molecule has 2 aliphatic heterocycles. The van der Waals surface area contributed by atoms with Crippen molar-refractivity contribution in [3.05, 3.63) is 77.3 Å². The molecular weight excluding hydrogens is 353 g/mol. The van der Waals surface area contributed by atoms with Gasteiger partial charge in [-0.3, -0.25) is 9.80 Å². The fourth-order valence-electron chi connectivity index (χ4n) is 4.50. The zero-order valence-electron chi connectivity index (χ0n) is 15.9. The normalized spacial score (nSPS) is 20.4. The average molecular weight is 377 g/mol. The van der Waals surface area contributed by atoms with Crippen LogP contribution in [0.15, 0.2) is 59.1 Å². The fourth-order valence-corrected chi connectivity index (χ4v) is 4.50. The summed E-state index contributed by atoms with van der Waals surface area (Å²) in [6.45, 7) is 5.05. The molecule has 3 heterocycles. The van der Waals surface area contributed by atoms with Crippen LogP contribution in [0.25, 0.3) is 11.3 Å². The van der Waals surface area contributed by atoms with Gasteiger partial charge in [0.05, 0.1) is 0 Å². The number of hydrogen-bond donors (Lipinski definition) is 0. The minimum atomic E-state index is -0.241. The summed E-state index contributed by atoms with van der Waals surface area (Å²) in [4.78, 5) is 5.09. The van der Waals surface area contributed by atoms with E-state index in [1.165, 1.54) is 24.1 Å². The number of rotatable bonds is 4. The van der Waals surface area contributed by atoms with Crippen LogP contribution in [0, 0.1) is 5.82 Å². The first-order valence-electron chi connectivity index (χ1n) is 10.00. The second-order valence-corrected chi connectivity index (χ2v) is 7.83. The van der Waals surface area contributed by atoms with Crippen LogP contribution in [-0.2, 0) is 19.5 Å². The monoisotopic (exact) mass is 377 g/mol. The lowest BCUT2D eigenvalue weighted by Crippen LogP contribution is -2.40. The van der Waals surface area contributed by atoms with Crippen molar-refractivity contribution in [2.24, 2.45) is 0 Å². The van der Waals surface area contributed by atoms with Crippen LogP contribution < -0.4 is 0 Å². The fraction of sp³-hybridized carbons (Fsp3) is 0.348. The maximum atomic E-state index is 13.7. The van der Waals surface area contributed by atoms with Crippen LogP contribution in [-0.4, -0.2) is 40.6 Å². The molecule has 0 aliphatic carbocycles. The first-order chi connectivity index (χ1) is 13.8. The maximum Gasteiger partial charge on any atom is 0.143 e. The van der Waals surface area contributed by atoms with Gasteiger partial charge < -0.3 is 4.52 Å². The summed E-state index contributed by atoms with van der Waals surface area (Å²) in [7, 11) is 0. The lowest BCUT2D eigenvalue weighted by atomic mass is 10.00. The molecule has 5 rings (SSSR count). The number of aromatic nitrogens is 1. The van der Waals surface area contributed by atoms with Crippen LogP contribution in [0.5, 0.6) is 0 Å².